The fraction of sp³-hybridized carbons (Fsp3) is 0.861. The summed E-state index contributed by atoms with van der Waals surface area (Å²) in [5.41, 5.74) is 5.01. The second kappa shape index (κ2) is 8.26. The van der Waals surface area contributed by atoms with E-state index in [4.69, 9.17) is 4.74 Å². The largest absolute Gasteiger partial charge is 0.466 e. The lowest BCUT2D eigenvalue weighted by Crippen LogP contribution is -2.62. The second-order valence-corrected chi connectivity index (χ2v) is 16.6. The van der Waals surface area contributed by atoms with Crippen LogP contribution >= 0.6 is 0 Å². The van der Waals surface area contributed by atoms with Crippen LogP contribution in [-0.4, -0.2) is 36.1 Å². The van der Waals surface area contributed by atoms with E-state index >= 15 is 0 Å². The fourth-order valence-electron chi connectivity index (χ4n) is 13.6. The Morgan fingerprint density at radius 1 is 0.923 bits per heavy atom. The quantitative estimate of drug-likeness (QED) is 0.274. The summed E-state index contributed by atoms with van der Waals surface area (Å²) in [5.74, 6) is 5.72. The summed E-state index contributed by atoms with van der Waals surface area (Å²) in [7, 11) is 0. The first-order valence-corrected chi connectivity index (χ1v) is 17.0. The normalized spacial score (nSPS) is 52.8. The van der Waals surface area contributed by atoms with Gasteiger partial charge in [-0.2, -0.15) is 0 Å². The van der Waals surface area contributed by atoms with Gasteiger partial charge in [-0.3, -0.25) is 9.69 Å². The lowest BCUT2D eigenvalue weighted by Gasteiger charge is -2.68. The number of fused-ring (bicyclic) bond motifs is 8. The van der Waals surface area contributed by atoms with Crippen LogP contribution in [0.3, 0.4) is 0 Å². The molecule has 7 aliphatic carbocycles. The summed E-state index contributed by atoms with van der Waals surface area (Å²) in [4.78, 5) is 15.3. The first-order chi connectivity index (χ1) is 18.6. The maximum absolute atomic E-state index is 12.4. The molecule has 0 amide bonds. The lowest BCUT2D eigenvalue weighted by atomic mass is 9.37. The van der Waals surface area contributed by atoms with Gasteiger partial charge in [0.05, 0.1) is 12.5 Å². The highest BCUT2D eigenvalue weighted by molar-refractivity contribution is 5.78. The molecule has 8 aliphatic rings. The number of nitrogens with zero attached hydrogens (tertiary/aromatic N) is 1. The van der Waals surface area contributed by atoms with Crippen LogP contribution in [0.1, 0.15) is 105 Å². The number of allylic oxidation sites excluding steroid dienone is 4. The molecule has 0 radical (unpaired) electrons. The van der Waals surface area contributed by atoms with Crippen molar-refractivity contribution in [2.45, 2.75) is 111 Å². The van der Waals surface area contributed by atoms with Gasteiger partial charge in [0.1, 0.15) is 0 Å². The number of rotatable bonds is 4. The standard InChI is InChI=1S/C36H53NO2/c1-6-39-32(38)31-24-20-22(21-25(24)31)26-11-15-35(5)29(33(26,2)3)13-16-34(4)27-12-17-36(37-18-19-37)14-7-8-28(36)23(27)9-10-30(34)35/h11,20,23-25,27-31H,6-10,12-19,21H2,1-5H3/t23?,24?,25?,27?,28-,29?,30?,31?,34?,35?,36?/m1/s1. The smallest absolute Gasteiger partial charge is 0.309 e. The average Bonchev–Trinajstić information content (AvgIpc) is 3.77. The highest BCUT2D eigenvalue weighted by Crippen LogP contribution is 2.73. The van der Waals surface area contributed by atoms with Crippen molar-refractivity contribution in [3.63, 3.8) is 0 Å². The van der Waals surface area contributed by atoms with Gasteiger partial charge in [0.25, 0.3) is 0 Å². The monoisotopic (exact) mass is 531 g/mol. The third-order valence-corrected chi connectivity index (χ3v) is 15.1. The van der Waals surface area contributed by atoms with E-state index in [1.807, 2.05) is 6.92 Å². The summed E-state index contributed by atoms with van der Waals surface area (Å²) >= 11 is 0. The minimum atomic E-state index is 0.0429. The molecular formula is C36H53NO2. The molecule has 0 bridgehead atoms. The molecule has 11 atom stereocenters. The molecule has 0 aromatic rings. The van der Waals surface area contributed by atoms with Gasteiger partial charge in [0.15, 0.2) is 0 Å². The van der Waals surface area contributed by atoms with Crippen molar-refractivity contribution < 1.29 is 9.53 Å². The maximum Gasteiger partial charge on any atom is 0.309 e. The number of ether oxygens (including phenoxy) is 1. The molecule has 0 spiro atoms. The third kappa shape index (κ3) is 3.29. The van der Waals surface area contributed by atoms with E-state index in [9.17, 15) is 4.79 Å². The van der Waals surface area contributed by atoms with Gasteiger partial charge in [-0.05, 0) is 140 Å². The van der Waals surface area contributed by atoms with Gasteiger partial charge in [-0.25, -0.2) is 0 Å². The van der Waals surface area contributed by atoms with Crippen LogP contribution < -0.4 is 0 Å². The average molecular weight is 532 g/mol. The predicted octanol–water partition coefficient (Wildman–Crippen LogP) is 7.81. The Kier molecular flexibility index (Phi) is 5.42. The van der Waals surface area contributed by atoms with Gasteiger partial charge in [-0.15, -0.1) is 0 Å². The minimum Gasteiger partial charge on any atom is -0.466 e. The summed E-state index contributed by atoms with van der Waals surface area (Å²) in [6.45, 7) is 15.9. The highest BCUT2D eigenvalue weighted by atomic mass is 16.5. The number of carbonyl (C=O) groups is 1. The van der Waals surface area contributed by atoms with Crippen molar-refractivity contribution in [3.8, 4) is 0 Å². The van der Waals surface area contributed by atoms with Crippen LogP contribution in [0.2, 0.25) is 0 Å². The highest BCUT2D eigenvalue weighted by Gasteiger charge is 2.67. The van der Waals surface area contributed by atoms with Crippen LogP contribution in [0.15, 0.2) is 23.3 Å². The Morgan fingerprint density at radius 3 is 2.46 bits per heavy atom. The van der Waals surface area contributed by atoms with E-state index in [-0.39, 0.29) is 17.3 Å². The molecule has 39 heavy (non-hydrogen) atoms. The molecule has 0 aromatic heterocycles. The zero-order valence-corrected chi connectivity index (χ0v) is 25.4. The Balaban J connectivity index is 1.06. The number of esters is 1. The van der Waals surface area contributed by atoms with Crippen LogP contribution in [0, 0.1) is 63.6 Å². The summed E-state index contributed by atoms with van der Waals surface area (Å²) in [6.07, 6.45) is 20.9. The van der Waals surface area contributed by atoms with E-state index in [1.54, 1.807) is 11.1 Å². The van der Waals surface area contributed by atoms with Crippen molar-refractivity contribution in [1.82, 2.24) is 4.90 Å². The molecule has 214 valence electrons. The van der Waals surface area contributed by atoms with Crippen molar-refractivity contribution in [3.05, 3.63) is 23.3 Å². The Hall–Kier alpha value is -1.09. The molecule has 8 rings (SSSR count). The van der Waals surface area contributed by atoms with Crippen molar-refractivity contribution >= 4 is 5.97 Å². The van der Waals surface area contributed by atoms with Gasteiger partial charge in [0, 0.05) is 18.6 Å². The summed E-state index contributed by atoms with van der Waals surface area (Å²) < 4.78 is 5.36. The minimum absolute atomic E-state index is 0.0429. The zero-order valence-electron chi connectivity index (χ0n) is 25.4. The lowest BCUT2D eigenvalue weighted by molar-refractivity contribution is -0.178. The molecule has 0 aromatic carbocycles. The van der Waals surface area contributed by atoms with E-state index < -0.39 is 0 Å². The van der Waals surface area contributed by atoms with E-state index in [1.165, 1.54) is 77.3 Å². The van der Waals surface area contributed by atoms with Crippen LogP contribution in [0.5, 0.6) is 0 Å². The third-order valence-electron chi connectivity index (χ3n) is 15.1. The number of hydrogen-bond acceptors (Lipinski definition) is 3. The summed E-state index contributed by atoms with van der Waals surface area (Å²) in [5, 5.41) is 0. The molecule has 3 nitrogen and oxygen atoms in total. The molecule has 0 N–H and O–H groups in total. The van der Waals surface area contributed by atoms with Gasteiger partial charge in [0.2, 0.25) is 0 Å². The first-order valence-electron chi connectivity index (χ1n) is 17.0. The molecule has 6 fully saturated rings. The second-order valence-electron chi connectivity index (χ2n) is 16.6. The molecule has 3 heteroatoms. The zero-order chi connectivity index (χ0) is 26.9. The Labute approximate surface area is 237 Å². The molecule has 1 heterocycles. The maximum atomic E-state index is 12.4. The molecule has 10 unspecified atom stereocenters. The molecule has 1 aliphatic heterocycles. The van der Waals surface area contributed by atoms with Gasteiger partial charge < -0.3 is 4.74 Å². The Bertz CT molecular complexity index is 1130. The number of carbonyl (C=O) groups excluding carboxylic acids is 1. The van der Waals surface area contributed by atoms with Gasteiger partial charge in [-0.1, -0.05) is 46.3 Å². The molecule has 5 saturated carbocycles. The number of hydrogen-bond donors (Lipinski definition) is 0. The SMILES string of the molecule is CCOC(=O)C1C2C=C(C3=CCC4(C)C(CCC5(C)C6CCC7(N8CC8)CCC[C@@H]7C6CCC54)C3(C)C)CC21. The molecular weight excluding hydrogens is 478 g/mol. The van der Waals surface area contributed by atoms with E-state index in [0.29, 0.717) is 34.8 Å². The van der Waals surface area contributed by atoms with Gasteiger partial charge >= 0.3 is 5.97 Å². The van der Waals surface area contributed by atoms with Crippen LogP contribution in [0.25, 0.3) is 0 Å². The van der Waals surface area contributed by atoms with E-state index in [2.05, 4.69) is 44.7 Å². The summed E-state index contributed by atoms with van der Waals surface area (Å²) in [6, 6.07) is 0. The first kappa shape index (κ1) is 25.6. The topological polar surface area (TPSA) is 29.3 Å². The van der Waals surface area contributed by atoms with E-state index in [0.717, 1.165) is 36.0 Å². The van der Waals surface area contributed by atoms with Crippen molar-refractivity contribution in [2.24, 2.45) is 63.6 Å². The fourth-order valence-corrected chi connectivity index (χ4v) is 13.6. The van der Waals surface area contributed by atoms with Crippen molar-refractivity contribution in [2.75, 3.05) is 19.7 Å². The Morgan fingerprint density at radius 2 is 1.74 bits per heavy atom. The predicted molar refractivity (Wildman–Crippen MR) is 156 cm³/mol. The van der Waals surface area contributed by atoms with Crippen LogP contribution in [-0.2, 0) is 9.53 Å². The molecule has 1 saturated heterocycles. The van der Waals surface area contributed by atoms with Crippen molar-refractivity contribution in [1.29, 1.82) is 0 Å². The van der Waals surface area contributed by atoms with Crippen LogP contribution in [0.4, 0.5) is 0 Å².